The Balaban J connectivity index is 0. The van der Waals surface area contributed by atoms with Crippen LogP contribution in [-0.2, 0) is 25.8 Å². The quantitative estimate of drug-likeness (QED) is 0.156. The third-order valence-corrected chi connectivity index (χ3v) is 3.52. The van der Waals surface area contributed by atoms with Gasteiger partial charge in [-0.15, -0.1) is 106 Å². The van der Waals surface area contributed by atoms with Crippen molar-refractivity contribution in [3.8, 4) is 0 Å². The molecule has 0 aliphatic heterocycles. The van der Waals surface area contributed by atoms with Crippen molar-refractivity contribution in [2.45, 2.75) is 20.3 Å². The first kappa shape index (κ1) is 27.3. The summed E-state index contributed by atoms with van der Waals surface area (Å²) in [5, 5.41) is 5.39. The van der Waals surface area contributed by atoms with Crippen molar-refractivity contribution in [2.24, 2.45) is 0 Å². The first-order chi connectivity index (χ1) is 11.1. The summed E-state index contributed by atoms with van der Waals surface area (Å²) in [5.74, 6) is 0. The predicted molar refractivity (Wildman–Crippen MR) is 118 cm³/mol. The van der Waals surface area contributed by atoms with E-state index >= 15 is 0 Å². The molecule has 0 N–H and O–H groups in total. The van der Waals surface area contributed by atoms with Crippen molar-refractivity contribution in [3.63, 3.8) is 0 Å². The monoisotopic (exact) mass is 552 g/mol. The van der Waals surface area contributed by atoms with Crippen molar-refractivity contribution in [3.05, 3.63) is 97.8 Å². The molecule has 0 aromatic heterocycles. The molecule has 0 spiro atoms. The summed E-state index contributed by atoms with van der Waals surface area (Å²) in [6, 6.07) is 25.7. The van der Waals surface area contributed by atoms with Gasteiger partial charge in [0.1, 0.15) is 0 Å². The molecule has 0 saturated carbocycles. The van der Waals surface area contributed by atoms with Gasteiger partial charge in [0.2, 0.25) is 0 Å². The molecule has 0 fully saturated rings. The molecule has 136 valence electrons. The Morgan fingerprint density at radius 1 is 0.692 bits per heavy atom. The minimum Gasteiger partial charge on any atom is -0.372 e. The number of hydrogen-bond donors (Lipinski definition) is 0. The second kappa shape index (κ2) is 14.2. The zero-order valence-electron chi connectivity index (χ0n) is 15.4. The van der Waals surface area contributed by atoms with E-state index in [-0.39, 0.29) is 50.7 Å². The molecule has 0 aliphatic carbocycles. The van der Waals surface area contributed by atoms with Gasteiger partial charge in [-0.2, -0.15) is 12.1 Å². The predicted octanol–water partition coefficient (Wildman–Crippen LogP) is 7.62. The Hall–Kier alpha value is -0.890. The van der Waals surface area contributed by atoms with Crippen molar-refractivity contribution in [1.29, 1.82) is 0 Å². The molecule has 0 aliphatic rings. The van der Waals surface area contributed by atoms with Crippen LogP contribution in [0.2, 0.25) is 0 Å². The first-order valence-corrected chi connectivity index (χ1v) is 7.96. The maximum absolute atomic E-state index is 3.38. The van der Waals surface area contributed by atoms with E-state index in [4.69, 9.17) is 0 Å². The molecule has 0 nitrogen and oxygen atoms in total. The summed E-state index contributed by atoms with van der Waals surface area (Å²) in [7, 11) is 0. The fraction of sp³-hybridized carbons (Fsp3) is 0.130. The van der Waals surface area contributed by atoms with Crippen LogP contribution in [0.5, 0.6) is 0 Å². The van der Waals surface area contributed by atoms with Crippen LogP contribution in [0.3, 0.4) is 0 Å². The van der Waals surface area contributed by atoms with Crippen LogP contribution in [0.15, 0.2) is 72.8 Å². The van der Waals surface area contributed by atoms with E-state index in [1.165, 1.54) is 32.7 Å². The fourth-order valence-corrected chi connectivity index (χ4v) is 2.61. The summed E-state index contributed by atoms with van der Waals surface area (Å²) < 4.78 is 0. The molecule has 4 aromatic carbocycles. The van der Waals surface area contributed by atoms with E-state index in [1.807, 2.05) is 0 Å². The van der Waals surface area contributed by atoms with Crippen LogP contribution in [0, 0.1) is 27.7 Å². The Labute approximate surface area is 189 Å². The fourth-order valence-electron chi connectivity index (χ4n) is 2.61. The second-order valence-electron chi connectivity index (χ2n) is 5.68. The van der Waals surface area contributed by atoms with E-state index in [0.717, 1.165) is 6.42 Å². The van der Waals surface area contributed by atoms with E-state index in [2.05, 4.69) is 100 Å². The molecule has 0 unspecified atom stereocenters. The normalized spacial score (nSPS) is 8.77. The Morgan fingerprint density at radius 2 is 1.00 bits per heavy atom. The van der Waals surface area contributed by atoms with Gasteiger partial charge in [-0.1, -0.05) is 26.0 Å². The third-order valence-electron chi connectivity index (χ3n) is 3.52. The van der Waals surface area contributed by atoms with Gasteiger partial charge in [0, 0.05) is 0 Å². The Bertz CT molecular complexity index is 721. The van der Waals surface area contributed by atoms with Crippen LogP contribution < -0.4 is 0 Å². The van der Waals surface area contributed by atoms with Crippen LogP contribution in [0.1, 0.15) is 17.5 Å². The van der Waals surface area contributed by atoms with Crippen LogP contribution >= 0.6 is 24.8 Å². The van der Waals surface area contributed by atoms with Gasteiger partial charge in [0.05, 0.1) is 0 Å². The first-order valence-electron chi connectivity index (χ1n) is 7.96. The van der Waals surface area contributed by atoms with Crippen molar-refractivity contribution in [1.82, 2.24) is 0 Å². The average Bonchev–Trinajstić information content (AvgIpc) is 3.08. The molecular formula is C23H26Cl2Hf. The van der Waals surface area contributed by atoms with Crippen molar-refractivity contribution in [2.75, 3.05) is 0 Å². The van der Waals surface area contributed by atoms with Gasteiger partial charge in [-0.25, -0.2) is 0 Å². The molecular weight excluding hydrogens is 526 g/mol. The molecule has 0 atom stereocenters. The summed E-state index contributed by atoms with van der Waals surface area (Å²) in [6.07, 6.45) is 0.750. The van der Waals surface area contributed by atoms with Crippen LogP contribution in [0.25, 0.3) is 21.5 Å². The van der Waals surface area contributed by atoms with Gasteiger partial charge < -0.3 is 20.3 Å². The van der Waals surface area contributed by atoms with Crippen molar-refractivity contribution < 1.29 is 25.8 Å². The minimum atomic E-state index is 0. The molecule has 26 heavy (non-hydrogen) atoms. The smallest absolute Gasteiger partial charge is 0.372 e. The molecule has 0 bridgehead atoms. The SMILES string of the molecule is Cc1cc2ccccc2[cH-]1.Cc1cc2ccccc2[cH-]1.Cl.Cl.[CH2-]C[CH2-].[Hf+4]. The van der Waals surface area contributed by atoms with E-state index < -0.39 is 0 Å². The molecule has 0 heterocycles. The van der Waals surface area contributed by atoms with Gasteiger partial charge in [0.15, 0.2) is 0 Å². The topological polar surface area (TPSA) is 0 Å². The number of rotatable bonds is 0. The molecule has 0 amide bonds. The maximum Gasteiger partial charge on any atom is 4.00 e. The van der Waals surface area contributed by atoms with Gasteiger partial charge in [-0.3, -0.25) is 0 Å². The summed E-state index contributed by atoms with van der Waals surface area (Å²) >= 11 is 0. The van der Waals surface area contributed by atoms with Crippen molar-refractivity contribution >= 4 is 46.4 Å². The average molecular weight is 552 g/mol. The molecule has 4 rings (SSSR count). The Morgan fingerprint density at radius 3 is 1.31 bits per heavy atom. The minimum absolute atomic E-state index is 0. The van der Waals surface area contributed by atoms with Gasteiger partial charge in [0.25, 0.3) is 0 Å². The summed E-state index contributed by atoms with van der Waals surface area (Å²) in [4.78, 5) is 0. The molecule has 3 heteroatoms. The van der Waals surface area contributed by atoms with E-state index in [9.17, 15) is 0 Å². The van der Waals surface area contributed by atoms with E-state index in [1.54, 1.807) is 0 Å². The molecule has 0 saturated heterocycles. The molecule has 0 radical (unpaired) electrons. The van der Waals surface area contributed by atoms with Crippen LogP contribution in [0.4, 0.5) is 0 Å². The third kappa shape index (κ3) is 8.20. The number of benzene rings is 2. The summed E-state index contributed by atoms with van der Waals surface area (Å²) in [6.45, 7) is 11.0. The van der Waals surface area contributed by atoms with Gasteiger partial charge in [-0.05, 0) is 0 Å². The zero-order valence-corrected chi connectivity index (χ0v) is 20.6. The number of fused-ring (bicyclic) bond motifs is 2. The maximum atomic E-state index is 3.38. The Kier molecular flexibility index (Phi) is 14.9. The number of aryl methyl sites for hydroxylation is 2. The van der Waals surface area contributed by atoms with Crippen LogP contribution in [-0.4, -0.2) is 0 Å². The molecule has 4 aromatic rings. The van der Waals surface area contributed by atoms with Gasteiger partial charge >= 0.3 is 25.8 Å². The largest absolute Gasteiger partial charge is 4.00 e. The standard InChI is InChI=1S/2C10H9.C3H6.2ClH.Hf/c2*1-8-6-9-4-2-3-5-10(9)7-8;1-3-2;;;/h2*2-7H,1H3;1-3H2;2*1H;/q2*-1;-2;;;+4. The summed E-state index contributed by atoms with van der Waals surface area (Å²) in [5.41, 5.74) is 2.70. The zero-order chi connectivity index (χ0) is 16.7. The second-order valence-corrected chi connectivity index (χ2v) is 5.68. The number of hydrogen-bond acceptors (Lipinski definition) is 0. The number of halogens is 2. The van der Waals surface area contributed by atoms with E-state index in [0.29, 0.717) is 0 Å².